The van der Waals surface area contributed by atoms with Crippen molar-refractivity contribution in [3.63, 3.8) is 0 Å². The van der Waals surface area contributed by atoms with Gasteiger partial charge in [0.25, 0.3) is 0 Å². The lowest BCUT2D eigenvalue weighted by Crippen LogP contribution is -2.08. The van der Waals surface area contributed by atoms with Crippen molar-refractivity contribution < 1.29 is 29.3 Å². The molecule has 0 spiro atoms. The minimum atomic E-state index is -1.35. The van der Waals surface area contributed by atoms with E-state index in [2.05, 4.69) is 0 Å². The van der Waals surface area contributed by atoms with E-state index < -0.39 is 11.9 Å². The Morgan fingerprint density at radius 1 is 1.25 bits per heavy atom. The summed E-state index contributed by atoms with van der Waals surface area (Å²) in [6.45, 7) is 0. The lowest BCUT2D eigenvalue weighted by atomic mass is 10.0. The summed E-state index contributed by atoms with van der Waals surface area (Å²) in [6, 6.07) is 2.04. The number of benzene rings is 1. The van der Waals surface area contributed by atoms with Gasteiger partial charge in [-0.15, -0.1) is 0 Å². The summed E-state index contributed by atoms with van der Waals surface area (Å²) in [5, 5.41) is 17.6. The number of ether oxygens (including phenoxy) is 1. The summed E-state index contributed by atoms with van der Waals surface area (Å²) in [5.74, 6) is -2.77. The largest absolute Gasteiger partial charge is 0.496 e. The van der Waals surface area contributed by atoms with Gasteiger partial charge >= 0.3 is 11.9 Å². The predicted molar refractivity (Wildman–Crippen MR) is 52.3 cm³/mol. The maximum absolute atomic E-state index is 10.9. The summed E-state index contributed by atoms with van der Waals surface area (Å²) in [5.41, 5.74) is -0.782. The van der Waals surface area contributed by atoms with E-state index >= 15 is 0 Å². The van der Waals surface area contributed by atoms with Gasteiger partial charge in [-0.05, 0) is 12.1 Å². The summed E-state index contributed by atoms with van der Waals surface area (Å²) in [7, 11) is 1.20. The number of carbonyl (C=O) groups excluding carboxylic acids is 1. The third-order valence-corrected chi connectivity index (χ3v) is 1.94. The van der Waals surface area contributed by atoms with Gasteiger partial charge in [0.05, 0.1) is 12.7 Å². The number of aldehydes is 1. The Morgan fingerprint density at radius 2 is 1.88 bits per heavy atom. The highest BCUT2D eigenvalue weighted by molar-refractivity contribution is 6.02. The molecule has 0 saturated carbocycles. The van der Waals surface area contributed by atoms with E-state index in [-0.39, 0.29) is 28.7 Å². The molecule has 0 saturated heterocycles. The molecule has 0 heterocycles. The zero-order valence-electron chi connectivity index (χ0n) is 8.26. The standard InChI is InChI=1S/C10H8O6/c1-16-7-3-5(9(12)13)2-6(4-11)8(7)10(14)15/h2-4H,1H3,(H,12,13)(H,14,15). The van der Waals surface area contributed by atoms with Gasteiger partial charge in [-0.2, -0.15) is 0 Å². The van der Waals surface area contributed by atoms with E-state index in [9.17, 15) is 14.4 Å². The molecule has 84 valence electrons. The molecule has 0 radical (unpaired) electrons. The molecule has 1 aromatic carbocycles. The van der Waals surface area contributed by atoms with Gasteiger partial charge in [0.2, 0.25) is 0 Å². The normalized spacial score (nSPS) is 9.56. The first-order valence-electron chi connectivity index (χ1n) is 4.15. The van der Waals surface area contributed by atoms with Gasteiger partial charge in [-0.3, -0.25) is 4.79 Å². The summed E-state index contributed by atoms with van der Waals surface area (Å²) in [4.78, 5) is 32.2. The van der Waals surface area contributed by atoms with Crippen LogP contribution in [0.15, 0.2) is 12.1 Å². The zero-order valence-corrected chi connectivity index (χ0v) is 8.26. The summed E-state index contributed by atoms with van der Waals surface area (Å²) in [6.07, 6.45) is 0.276. The van der Waals surface area contributed by atoms with Crippen molar-refractivity contribution in [1.29, 1.82) is 0 Å². The van der Waals surface area contributed by atoms with Crippen LogP contribution in [0, 0.1) is 0 Å². The molecule has 6 nitrogen and oxygen atoms in total. The summed E-state index contributed by atoms with van der Waals surface area (Å²) >= 11 is 0. The Labute approximate surface area is 90.1 Å². The monoisotopic (exact) mass is 224 g/mol. The van der Waals surface area contributed by atoms with Gasteiger partial charge in [-0.1, -0.05) is 0 Å². The van der Waals surface area contributed by atoms with E-state index in [4.69, 9.17) is 14.9 Å². The van der Waals surface area contributed by atoms with Crippen LogP contribution in [-0.4, -0.2) is 35.5 Å². The number of methoxy groups -OCH3 is 1. The van der Waals surface area contributed by atoms with E-state index in [1.165, 1.54) is 7.11 Å². The third kappa shape index (κ3) is 2.00. The Bertz CT molecular complexity index is 463. The highest BCUT2D eigenvalue weighted by Gasteiger charge is 2.19. The Morgan fingerprint density at radius 3 is 2.25 bits per heavy atom. The Kier molecular flexibility index (Phi) is 3.24. The van der Waals surface area contributed by atoms with Crippen LogP contribution < -0.4 is 4.74 Å². The molecule has 0 unspecified atom stereocenters. The third-order valence-electron chi connectivity index (χ3n) is 1.94. The zero-order chi connectivity index (χ0) is 12.3. The van der Waals surface area contributed by atoms with Gasteiger partial charge in [-0.25, -0.2) is 9.59 Å². The highest BCUT2D eigenvalue weighted by Crippen LogP contribution is 2.24. The average molecular weight is 224 g/mol. The van der Waals surface area contributed by atoms with Crippen LogP contribution in [0.2, 0.25) is 0 Å². The number of carboxylic acid groups (broad SMARTS) is 2. The second-order valence-corrected chi connectivity index (χ2v) is 2.87. The molecule has 6 heteroatoms. The molecule has 0 aromatic heterocycles. The molecule has 0 bridgehead atoms. The maximum atomic E-state index is 10.9. The Hall–Kier alpha value is -2.37. The van der Waals surface area contributed by atoms with Gasteiger partial charge in [0.15, 0.2) is 6.29 Å². The number of carbonyl (C=O) groups is 3. The molecule has 0 amide bonds. The van der Waals surface area contributed by atoms with Crippen molar-refractivity contribution in [2.24, 2.45) is 0 Å². The van der Waals surface area contributed by atoms with Crippen LogP contribution in [0.4, 0.5) is 0 Å². The lowest BCUT2D eigenvalue weighted by molar-refractivity contribution is 0.0676. The fourth-order valence-corrected chi connectivity index (χ4v) is 1.24. The predicted octanol–water partition coefficient (Wildman–Crippen LogP) is 0.904. The highest BCUT2D eigenvalue weighted by atomic mass is 16.5. The van der Waals surface area contributed by atoms with Gasteiger partial charge in [0, 0.05) is 5.56 Å². The number of rotatable bonds is 4. The molecular formula is C10H8O6. The van der Waals surface area contributed by atoms with E-state index in [0.717, 1.165) is 12.1 Å². The fourth-order valence-electron chi connectivity index (χ4n) is 1.24. The first-order valence-corrected chi connectivity index (χ1v) is 4.15. The average Bonchev–Trinajstić information content (AvgIpc) is 2.26. The van der Waals surface area contributed by atoms with Crippen LogP contribution in [-0.2, 0) is 0 Å². The molecule has 1 rings (SSSR count). The van der Waals surface area contributed by atoms with Gasteiger partial charge in [0.1, 0.15) is 11.3 Å². The topological polar surface area (TPSA) is 101 Å². The van der Waals surface area contributed by atoms with E-state index in [0.29, 0.717) is 0 Å². The molecule has 1 aromatic rings. The Balaban J connectivity index is 3.55. The number of aromatic carboxylic acids is 2. The molecule has 0 atom stereocenters. The molecular weight excluding hydrogens is 216 g/mol. The molecule has 2 N–H and O–H groups in total. The van der Waals surface area contributed by atoms with Crippen molar-refractivity contribution in [2.45, 2.75) is 0 Å². The minimum absolute atomic E-state index is 0.158. The number of carboxylic acids is 2. The van der Waals surface area contributed by atoms with Crippen LogP contribution in [0.3, 0.4) is 0 Å². The smallest absolute Gasteiger partial charge is 0.340 e. The molecule has 0 aliphatic heterocycles. The summed E-state index contributed by atoms with van der Waals surface area (Å²) < 4.78 is 4.74. The van der Waals surface area contributed by atoms with E-state index in [1.807, 2.05) is 0 Å². The van der Waals surface area contributed by atoms with Crippen molar-refractivity contribution in [2.75, 3.05) is 7.11 Å². The number of hydrogen-bond donors (Lipinski definition) is 2. The lowest BCUT2D eigenvalue weighted by Gasteiger charge is -2.08. The molecule has 0 fully saturated rings. The minimum Gasteiger partial charge on any atom is -0.496 e. The van der Waals surface area contributed by atoms with Crippen LogP contribution in [0.5, 0.6) is 5.75 Å². The SMILES string of the molecule is COc1cc(C(=O)O)cc(C=O)c1C(=O)O. The maximum Gasteiger partial charge on any atom is 0.340 e. The fraction of sp³-hybridized carbons (Fsp3) is 0.100. The quantitative estimate of drug-likeness (QED) is 0.737. The number of hydrogen-bond acceptors (Lipinski definition) is 4. The second-order valence-electron chi connectivity index (χ2n) is 2.87. The van der Waals surface area contributed by atoms with E-state index in [1.54, 1.807) is 0 Å². The van der Waals surface area contributed by atoms with Gasteiger partial charge < -0.3 is 14.9 Å². The van der Waals surface area contributed by atoms with Crippen molar-refractivity contribution in [3.8, 4) is 5.75 Å². The van der Waals surface area contributed by atoms with Crippen LogP contribution >= 0.6 is 0 Å². The molecule has 0 aliphatic carbocycles. The second kappa shape index (κ2) is 4.43. The van der Waals surface area contributed by atoms with Crippen LogP contribution in [0.25, 0.3) is 0 Å². The first kappa shape index (κ1) is 11.7. The van der Waals surface area contributed by atoms with Crippen molar-refractivity contribution in [1.82, 2.24) is 0 Å². The molecule has 0 aliphatic rings. The van der Waals surface area contributed by atoms with Crippen molar-refractivity contribution in [3.05, 3.63) is 28.8 Å². The van der Waals surface area contributed by atoms with Crippen LogP contribution in [0.1, 0.15) is 31.1 Å². The molecule has 16 heavy (non-hydrogen) atoms. The van der Waals surface area contributed by atoms with Crippen molar-refractivity contribution >= 4 is 18.2 Å². The first-order chi connectivity index (χ1) is 7.51.